The fourth-order valence-corrected chi connectivity index (χ4v) is 12.6. The Morgan fingerprint density at radius 1 is 0.304 bits per heavy atom. The van der Waals surface area contributed by atoms with Gasteiger partial charge < -0.3 is 33.8 Å². The van der Waals surface area contributed by atoms with E-state index >= 15 is 0 Å². The van der Waals surface area contributed by atoms with Crippen molar-refractivity contribution in [3.8, 4) is 0 Å². The highest BCUT2D eigenvalue weighted by atomic mass is 31.2. The van der Waals surface area contributed by atoms with Crippen molar-refractivity contribution in [2.75, 3.05) is 39.6 Å². The van der Waals surface area contributed by atoms with Crippen LogP contribution < -0.4 is 0 Å². The van der Waals surface area contributed by atoms with Crippen LogP contribution in [0.25, 0.3) is 0 Å². The highest BCUT2D eigenvalue weighted by Crippen LogP contribution is 2.45. The van der Waals surface area contributed by atoms with Crippen molar-refractivity contribution in [2.45, 2.75) is 382 Å². The second kappa shape index (κ2) is 62.6. The van der Waals surface area contributed by atoms with E-state index in [1.165, 1.54) is 154 Å². The lowest BCUT2D eigenvalue weighted by Gasteiger charge is -2.21. The molecule has 0 bridgehead atoms. The molecule has 0 aromatic carbocycles. The molecular weight excluding hydrogens is 1210 g/mol. The zero-order chi connectivity index (χ0) is 68.2. The van der Waals surface area contributed by atoms with Crippen molar-refractivity contribution < 1.29 is 80.2 Å². The quantitative estimate of drug-likeness (QED) is 0.0222. The summed E-state index contributed by atoms with van der Waals surface area (Å²) in [6, 6.07) is 0. The monoisotopic (exact) mass is 1350 g/mol. The number of phosphoric acid groups is 2. The van der Waals surface area contributed by atoms with Gasteiger partial charge in [-0.3, -0.25) is 37.3 Å². The van der Waals surface area contributed by atoms with E-state index in [0.717, 1.165) is 120 Å². The van der Waals surface area contributed by atoms with Crippen LogP contribution in [-0.2, 0) is 65.4 Å². The van der Waals surface area contributed by atoms with Gasteiger partial charge in [0.25, 0.3) is 0 Å². The number of esters is 4. The second-order valence-corrected chi connectivity index (χ2v) is 30.9. The Hall–Kier alpha value is -1.94. The van der Waals surface area contributed by atoms with Crippen molar-refractivity contribution in [3.05, 3.63) is 0 Å². The maximum atomic E-state index is 13.0. The van der Waals surface area contributed by atoms with Crippen molar-refractivity contribution in [1.29, 1.82) is 0 Å². The lowest BCUT2D eigenvalue weighted by molar-refractivity contribution is -0.161. The molecule has 546 valence electrons. The van der Waals surface area contributed by atoms with E-state index in [0.29, 0.717) is 31.6 Å². The van der Waals surface area contributed by atoms with Crippen LogP contribution in [-0.4, -0.2) is 96.7 Å². The maximum absolute atomic E-state index is 13.0. The molecule has 0 aliphatic heterocycles. The lowest BCUT2D eigenvalue weighted by Crippen LogP contribution is -2.30. The van der Waals surface area contributed by atoms with Crippen LogP contribution in [0.2, 0.25) is 0 Å². The Morgan fingerprint density at radius 3 is 0.772 bits per heavy atom. The van der Waals surface area contributed by atoms with Gasteiger partial charge in [0.15, 0.2) is 12.2 Å². The number of aliphatic hydroxyl groups excluding tert-OH is 1. The number of aliphatic hydroxyl groups is 1. The number of carbonyl (C=O) groups excluding carboxylic acids is 4. The molecule has 0 saturated carbocycles. The van der Waals surface area contributed by atoms with Crippen LogP contribution in [0.1, 0.15) is 364 Å². The Bertz CT molecular complexity index is 1820. The highest BCUT2D eigenvalue weighted by Gasteiger charge is 2.30. The average molecular weight is 1350 g/mol. The first-order valence-electron chi connectivity index (χ1n) is 37.7. The maximum Gasteiger partial charge on any atom is 0.472 e. The van der Waals surface area contributed by atoms with Crippen LogP contribution in [0.4, 0.5) is 0 Å². The minimum absolute atomic E-state index is 0.106. The van der Waals surface area contributed by atoms with Crippen LogP contribution >= 0.6 is 15.6 Å². The van der Waals surface area contributed by atoms with E-state index in [1.54, 1.807) is 0 Å². The Morgan fingerprint density at radius 2 is 0.522 bits per heavy atom. The summed E-state index contributed by atoms with van der Waals surface area (Å²) in [6.07, 6.45) is 45.9. The summed E-state index contributed by atoms with van der Waals surface area (Å²) in [4.78, 5) is 72.7. The molecule has 0 aliphatic rings. The van der Waals surface area contributed by atoms with Gasteiger partial charge in [-0.05, 0) is 49.4 Å². The number of hydrogen-bond acceptors (Lipinski definition) is 15. The van der Waals surface area contributed by atoms with Gasteiger partial charge in [0, 0.05) is 25.7 Å². The van der Waals surface area contributed by atoms with Gasteiger partial charge in [0.05, 0.1) is 26.4 Å². The molecule has 0 aromatic rings. The SMILES string of the molecule is CCC(C)CCCCCCCCC(=O)OC[C@H](COP(=O)(O)OC[C@H](O)COP(=O)(O)OC[C@@H](COC(=O)CCCCCCCCCC(C)C)OC(=O)CCCCCCCCCCCCCCCC(C)C)OC(=O)CCCCCCCCCCCCCCCC(C)C. The van der Waals surface area contributed by atoms with Crippen LogP contribution in [0.3, 0.4) is 0 Å². The smallest absolute Gasteiger partial charge is 0.462 e. The molecule has 0 radical (unpaired) electrons. The van der Waals surface area contributed by atoms with E-state index in [1.807, 2.05) is 0 Å². The van der Waals surface area contributed by atoms with E-state index in [4.69, 9.17) is 37.0 Å². The summed E-state index contributed by atoms with van der Waals surface area (Å²) >= 11 is 0. The average Bonchev–Trinajstić information content (AvgIpc) is 2.78. The standard InChI is InChI=1S/C73H142O17P2/c1-9-66(8)52-44-36-31-32-38-46-54-71(76)84-60-69(90-73(78)56-48-40-29-23-19-15-11-13-17-21-26-34-42-50-64(4)5)62-88-92(81,82)86-58-67(74)57-85-91(79,80)87-61-68(59-83-70(75)53-45-37-30-24-27-35-43-51-65(6)7)89-72(77)55-47-39-28-22-18-14-10-12-16-20-25-33-41-49-63(2)3/h63-69,74H,9-62H2,1-8H3,(H,79,80)(H,81,82)/t66?,67-,68-,69-/m1/s1. The van der Waals surface area contributed by atoms with E-state index < -0.39 is 97.5 Å². The van der Waals surface area contributed by atoms with Gasteiger partial charge in [-0.2, -0.15) is 0 Å². The Kier molecular flexibility index (Phi) is 61.3. The second-order valence-electron chi connectivity index (χ2n) is 28.0. The summed E-state index contributed by atoms with van der Waals surface area (Å²) in [5.74, 6) is 0.882. The summed E-state index contributed by atoms with van der Waals surface area (Å²) in [7, 11) is -9.91. The zero-order valence-electron chi connectivity index (χ0n) is 60.2. The molecule has 19 heteroatoms. The number of phosphoric ester groups is 2. The normalized spacial score (nSPS) is 14.5. The van der Waals surface area contributed by atoms with Gasteiger partial charge in [-0.1, -0.05) is 312 Å². The predicted molar refractivity (Wildman–Crippen MR) is 372 cm³/mol. The molecule has 3 N–H and O–H groups in total. The van der Waals surface area contributed by atoms with Crippen molar-refractivity contribution in [3.63, 3.8) is 0 Å². The van der Waals surface area contributed by atoms with Crippen molar-refractivity contribution >= 4 is 39.5 Å². The molecule has 0 rings (SSSR count). The molecular formula is C73H142O17P2. The molecule has 0 aromatic heterocycles. The first-order valence-corrected chi connectivity index (χ1v) is 40.7. The van der Waals surface area contributed by atoms with Gasteiger partial charge >= 0.3 is 39.5 Å². The van der Waals surface area contributed by atoms with Gasteiger partial charge in [0.2, 0.25) is 0 Å². The molecule has 0 spiro atoms. The predicted octanol–water partition coefficient (Wildman–Crippen LogP) is 20.9. The summed E-state index contributed by atoms with van der Waals surface area (Å²) < 4.78 is 68.4. The van der Waals surface area contributed by atoms with Gasteiger partial charge in [0.1, 0.15) is 19.3 Å². The van der Waals surface area contributed by atoms with Crippen molar-refractivity contribution in [2.24, 2.45) is 23.7 Å². The van der Waals surface area contributed by atoms with E-state index in [9.17, 15) is 43.2 Å². The molecule has 0 aliphatic carbocycles. The first-order chi connectivity index (χ1) is 44.1. The summed E-state index contributed by atoms with van der Waals surface area (Å²) in [5.41, 5.74) is 0. The largest absolute Gasteiger partial charge is 0.472 e. The molecule has 0 fully saturated rings. The summed E-state index contributed by atoms with van der Waals surface area (Å²) in [6.45, 7) is 14.1. The van der Waals surface area contributed by atoms with Crippen LogP contribution in [0, 0.1) is 23.7 Å². The fourth-order valence-electron chi connectivity index (χ4n) is 11.0. The lowest BCUT2D eigenvalue weighted by atomic mass is 10.00. The van der Waals surface area contributed by atoms with Gasteiger partial charge in [-0.25, -0.2) is 9.13 Å². The molecule has 6 atom stereocenters. The van der Waals surface area contributed by atoms with Gasteiger partial charge in [-0.15, -0.1) is 0 Å². The Balaban J connectivity index is 5.23. The third-order valence-electron chi connectivity index (χ3n) is 17.2. The minimum atomic E-state index is -4.95. The number of carbonyl (C=O) groups is 4. The van der Waals surface area contributed by atoms with Crippen molar-refractivity contribution in [1.82, 2.24) is 0 Å². The van der Waals surface area contributed by atoms with Crippen LogP contribution in [0.5, 0.6) is 0 Å². The fraction of sp³-hybridized carbons (Fsp3) is 0.945. The first kappa shape index (κ1) is 90.1. The van der Waals surface area contributed by atoms with E-state index in [-0.39, 0.29) is 25.7 Å². The Labute approximate surface area is 562 Å². The molecule has 0 amide bonds. The number of ether oxygens (including phenoxy) is 4. The molecule has 92 heavy (non-hydrogen) atoms. The van der Waals surface area contributed by atoms with Crippen LogP contribution in [0.15, 0.2) is 0 Å². The number of rotatable bonds is 70. The molecule has 3 unspecified atom stereocenters. The minimum Gasteiger partial charge on any atom is -0.462 e. The zero-order valence-corrected chi connectivity index (χ0v) is 62.0. The third-order valence-corrected chi connectivity index (χ3v) is 19.1. The number of hydrogen-bond donors (Lipinski definition) is 3. The molecule has 0 saturated heterocycles. The van der Waals surface area contributed by atoms with E-state index in [2.05, 4.69) is 55.4 Å². The molecule has 17 nitrogen and oxygen atoms in total. The topological polar surface area (TPSA) is 237 Å². The molecule has 0 heterocycles. The third kappa shape index (κ3) is 65.4. The number of unbranched alkanes of at least 4 members (excludes halogenated alkanes) is 35. The highest BCUT2D eigenvalue weighted by molar-refractivity contribution is 7.47. The summed E-state index contributed by atoms with van der Waals surface area (Å²) in [5, 5.41) is 10.6.